The molecule has 0 aliphatic heterocycles. The molecule has 0 aromatic carbocycles. The predicted octanol–water partition coefficient (Wildman–Crippen LogP) is 4.29. The molecule has 5 N–H and O–H groups in total. The third kappa shape index (κ3) is 30.3. The largest absolute Gasteiger partial charge is 0.392 e. The lowest BCUT2D eigenvalue weighted by Crippen LogP contribution is -2.30. The van der Waals surface area contributed by atoms with Gasteiger partial charge in [-0.1, -0.05) is 84.0 Å². The Balaban J connectivity index is 0. The Bertz CT molecular complexity index is 297. The van der Waals surface area contributed by atoms with Crippen molar-refractivity contribution in [1.29, 1.82) is 0 Å². The second-order valence-corrected chi connectivity index (χ2v) is 7.73. The van der Waals surface area contributed by atoms with Crippen LogP contribution in [-0.4, -0.2) is 41.4 Å². The number of aliphatic hydroxyl groups excluding tert-OH is 2. The smallest absolute Gasteiger partial charge is 0.220 e. The van der Waals surface area contributed by atoms with E-state index in [4.69, 9.17) is 15.9 Å². The quantitative estimate of drug-likeness (QED) is 0.279. The van der Waals surface area contributed by atoms with Gasteiger partial charge in [-0.3, -0.25) is 4.79 Å². The molecule has 0 aromatic rings. The summed E-state index contributed by atoms with van der Waals surface area (Å²) >= 11 is 0. The Morgan fingerprint density at radius 3 is 1.48 bits per heavy atom. The summed E-state index contributed by atoms with van der Waals surface area (Å²) in [5.41, 5.74) is 4.92. The highest BCUT2D eigenvalue weighted by Gasteiger charge is 2.02. The summed E-state index contributed by atoms with van der Waals surface area (Å²) in [6, 6.07) is 0. The van der Waals surface area contributed by atoms with Crippen LogP contribution in [0.1, 0.15) is 111 Å². The molecule has 5 heteroatoms. The average molecular weight is 389 g/mol. The van der Waals surface area contributed by atoms with Crippen molar-refractivity contribution in [2.75, 3.05) is 13.1 Å². The Hall–Kier alpha value is -0.650. The molecule has 1 amide bonds. The minimum absolute atomic E-state index is 0.0731. The maximum atomic E-state index is 11.4. The van der Waals surface area contributed by atoms with E-state index in [0.29, 0.717) is 19.5 Å². The first-order chi connectivity index (χ1) is 12.9. The number of nitrogens with two attached hydrogens (primary N) is 1. The van der Waals surface area contributed by atoms with Crippen LogP contribution in [0, 0.1) is 0 Å². The minimum Gasteiger partial charge on any atom is -0.392 e. The van der Waals surface area contributed by atoms with Crippen molar-refractivity contribution in [3.8, 4) is 0 Å². The van der Waals surface area contributed by atoms with E-state index in [-0.39, 0.29) is 12.0 Å². The van der Waals surface area contributed by atoms with Gasteiger partial charge in [-0.2, -0.15) is 0 Å². The highest BCUT2D eigenvalue weighted by atomic mass is 16.3. The van der Waals surface area contributed by atoms with E-state index >= 15 is 0 Å². The fourth-order valence-electron chi connectivity index (χ4n) is 2.65. The molecule has 27 heavy (non-hydrogen) atoms. The Kier molecular flexibility index (Phi) is 24.7. The number of carbonyl (C=O) groups excluding carboxylic acids is 1. The molecular formula is C22H48N2O3. The molecule has 0 radical (unpaired) electrons. The molecule has 164 valence electrons. The lowest BCUT2D eigenvalue weighted by molar-refractivity contribution is -0.121. The van der Waals surface area contributed by atoms with E-state index in [1.807, 2.05) is 0 Å². The summed E-state index contributed by atoms with van der Waals surface area (Å²) < 4.78 is 0. The van der Waals surface area contributed by atoms with Crippen LogP contribution in [0.3, 0.4) is 0 Å². The van der Waals surface area contributed by atoms with Crippen LogP contribution in [0.25, 0.3) is 0 Å². The summed E-state index contributed by atoms with van der Waals surface area (Å²) in [6.07, 6.45) is 17.0. The first kappa shape index (κ1) is 28.6. The van der Waals surface area contributed by atoms with E-state index in [9.17, 15) is 4.79 Å². The highest BCUT2D eigenvalue weighted by molar-refractivity contribution is 5.75. The van der Waals surface area contributed by atoms with Gasteiger partial charge in [0.25, 0.3) is 0 Å². The maximum Gasteiger partial charge on any atom is 0.220 e. The second-order valence-electron chi connectivity index (χ2n) is 7.73. The van der Waals surface area contributed by atoms with E-state index < -0.39 is 6.10 Å². The van der Waals surface area contributed by atoms with Crippen molar-refractivity contribution in [3.63, 3.8) is 0 Å². The summed E-state index contributed by atoms with van der Waals surface area (Å²) in [7, 11) is 0. The summed E-state index contributed by atoms with van der Waals surface area (Å²) in [6.45, 7) is 6.34. The van der Waals surface area contributed by atoms with Crippen LogP contribution in [-0.2, 0) is 4.79 Å². The van der Waals surface area contributed by atoms with Gasteiger partial charge in [0.2, 0.25) is 5.91 Å². The molecule has 0 bridgehead atoms. The Labute approximate surface area is 168 Å². The van der Waals surface area contributed by atoms with E-state index in [0.717, 1.165) is 12.8 Å². The van der Waals surface area contributed by atoms with E-state index in [2.05, 4.69) is 12.2 Å². The van der Waals surface area contributed by atoms with Crippen molar-refractivity contribution in [2.45, 2.75) is 123 Å². The number of carbonyl (C=O) groups is 1. The summed E-state index contributed by atoms with van der Waals surface area (Å²) in [4.78, 5) is 11.4. The molecule has 0 saturated carbocycles. The van der Waals surface area contributed by atoms with Gasteiger partial charge in [-0.25, -0.2) is 0 Å². The van der Waals surface area contributed by atoms with Crippen LogP contribution in [0.2, 0.25) is 0 Å². The van der Waals surface area contributed by atoms with Crippen molar-refractivity contribution in [3.05, 3.63) is 0 Å². The second kappa shape index (κ2) is 23.4. The normalized spacial score (nSPS) is 12.8. The topological polar surface area (TPSA) is 95.6 Å². The van der Waals surface area contributed by atoms with Crippen molar-refractivity contribution >= 4 is 5.91 Å². The monoisotopic (exact) mass is 388 g/mol. The molecule has 0 aromatic heterocycles. The van der Waals surface area contributed by atoms with E-state index in [1.165, 1.54) is 70.6 Å². The van der Waals surface area contributed by atoms with Crippen LogP contribution < -0.4 is 11.1 Å². The van der Waals surface area contributed by atoms with Crippen molar-refractivity contribution < 1.29 is 15.0 Å². The number of hydrogen-bond donors (Lipinski definition) is 4. The van der Waals surface area contributed by atoms with Gasteiger partial charge in [0.1, 0.15) is 0 Å². The molecule has 0 aliphatic carbocycles. The molecule has 0 aliphatic rings. The minimum atomic E-state index is -0.449. The standard InChI is InChI=1S/C19H39NO2.C3H9NO/c1-3-4-5-6-7-8-9-10-11-12-13-14-15-16-19(22)20-17-18(2)21;1-3(5)2-4/h18,21H,3-17H2,1-2H3,(H,20,22);3,5H,2,4H2,1H3/t18-;3-/m00/s1. The maximum absolute atomic E-state index is 11.4. The molecule has 0 heterocycles. The van der Waals surface area contributed by atoms with Crippen molar-refractivity contribution in [2.24, 2.45) is 5.73 Å². The lowest BCUT2D eigenvalue weighted by Gasteiger charge is -2.07. The fourth-order valence-corrected chi connectivity index (χ4v) is 2.65. The van der Waals surface area contributed by atoms with Crippen LogP contribution >= 0.6 is 0 Å². The predicted molar refractivity (Wildman–Crippen MR) is 116 cm³/mol. The van der Waals surface area contributed by atoms with Gasteiger partial charge in [0.15, 0.2) is 0 Å². The Morgan fingerprint density at radius 1 is 0.778 bits per heavy atom. The molecule has 0 rings (SSSR count). The number of amides is 1. The SMILES string of the molecule is CCCCCCCCCCCCCCCC(=O)NC[C@H](C)O.C[C@H](O)CN. The van der Waals surface area contributed by atoms with Crippen LogP contribution in [0.5, 0.6) is 0 Å². The molecule has 5 nitrogen and oxygen atoms in total. The Morgan fingerprint density at radius 2 is 1.15 bits per heavy atom. The molecule has 0 unspecified atom stereocenters. The molecule has 0 saturated heterocycles. The summed E-state index contributed by atoms with van der Waals surface area (Å²) in [5, 5.41) is 20.0. The number of nitrogens with one attached hydrogen (secondary N) is 1. The molecule has 0 spiro atoms. The number of hydrogen-bond acceptors (Lipinski definition) is 4. The number of unbranched alkanes of at least 4 members (excludes halogenated alkanes) is 12. The van der Waals surface area contributed by atoms with Gasteiger partial charge in [0, 0.05) is 19.5 Å². The third-order valence-corrected chi connectivity index (χ3v) is 4.44. The van der Waals surface area contributed by atoms with Crippen molar-refractivity contribution in [1.82, 2.24) is 5.32 Å². The van der Waals surface area contributed by atoms with Gasteiger partial charge in [-0.15, -0.1) is 0 Å². The highest BCUT2D eigenvalue weighted by Crippen LogP contribution is 2.12. The van der Waals surface area contributed by atoms with E-state index in [1.54, 1.807) is 13.8 Å². The van der Waals surface area contributed by atoms with Gasteiger partial charge >= 0.3 is 0 Å². The van der Waals surface area contributed by atoms with Crippen LogP contribution in [0.15, 0.2) is 0 Å². The fraction of sp³-hybridized carbons (Fsp3) is 0.955. The molecule has 0 fully saturated rings. The zero-order chi connectivity index (χ0) is 20.8. The van der Waals surface area contributed by atoms with Crippen LogP contribution in [0.4, 0.5) is 0 Å². The number of aliphatic hydroxyl groups is 2. The lowest BCUT2D eigenvalue weighted by atomic mass is 10.0. The average Bonchev–Trinajstić information content (AvgIpc) is 2.64. The molecule has 2 atom stereocenters. The number of rotatable bonds is 17. The third-order valence-electron chi connectivity index (χ3n) is 4.44. The van der Waals surface area contributed by atoms with Gasteiger partial charge in [0.05, 0.1) is 12.2 Å². The summed E-state index contributed by atoms with van der Waals surface area (Å²) in [5.74, 6) is 0.0731. The zero-order valence-electron chi connectivity index (χ0n) is 18.3. The first-order valence-electron chi connectivity index (χ1n) is 11.3. The van der Waals surface area contributed by atoms with Gasteiger partial charge < -0.3 is 21.3 Å². The first-order valence-corrected chi connectivity index (χ1v) is 11.3. The molecular weight excluding hydrogens is 340 g/mol. The van der Waals surface area contributed by atoms with Gasteiger partial charge in [-0.05, 0) is 20.3 Å². The zero-order valence-corrected chi connectivity index (χ0v) is 18.3.